The molecule has 0 amide bonds. The van der Waals surface area contributed by atoms with E-state index in [4.69, 9.17) is 4.74 Å². The number of nitrogens with one attached hydrogen (secondary N) is 1. The Balaban J connectivity index is 1.52. The van der Waals surface area contributed by atoms with Crippen LogP contribution in [0.2, 0.25) is 0 Å². The minimum atomic E-state index is 0.546. The highest BCUT2D eigenvalue weighted by Crippen LogP contribution is 2.24. The number of fused-ring (bicyclic) bond motifs is 1. The van der Waals surface area contributed by atoms with Crippen LogP contribution in [-0.2, 0) is 17.6 Å². The predicted molar refractivity (Wildman–Crippen MR) is 75.2 cm³/mol. The Bertz CT molecular complexity index is 396. The summed E-state index contributed by atoms with van der Waals surface area (Å²) in [4.78, 5) is 0. The maximum Gasteiger partial charge on any atom is 0.0576 e. The summed E-state index contributed by atoms with van der Waals surface area (Å²) in [5, 5.41) is 3.47. The van der Waals surface area contributed by atoms with Crippen molar-refractivity contribution in [3.8, 4) is 0 Å². The van der Waals surface area contributed by atoms with Crippen LogP contribution in [0.1, 0.15) is 43.2 Å². The third-order valence-electron chi connectivity index (χ3n) is 4.12. The average Bonchev–Trinajstić information content (AvgIpc) is 2.92. The van der Waals surface area contributed by atoms with E-state index in [1.54, 1.807) is 0 Å². The van der Waals surface area contributed by atoms with Crippen LogP contribution in [0.15, 0.2) is 18.2 Å². The Kier molecular flexibility index (Phi) is 3.84. The highest BCUT2D eigenvalue weighted by molar-refractivity contribution is 5.54. The van der Waals surface area contributed by atoms with E-state index in [1.807, 2.05) is 0 Å². The van der Waals surface area contributed by atoms with Gasteiger partial charge in [-0.05, 0) is 62.1 Å². The molecule has 2 heterocycles. The first-order chi connectivity index (χ1) is 8.92. The second kappa shape index (κ2) is 5.75. The zero-order valence-corrected chi connectivity index (χ0v) is 11.1. The van der Waals surface area contributed by atoms with Crippen molar-refractivity contribution in [1.29, 1.82) is 0 Å². The van der Waals surface area contributed by atoms with Crippen LogP contribution in [0.25, 0.3) is 0 Å². The third kappa shape index (κ3) is 2.86. The number of aryl methyl sites for hydroxylation is 2. The lowest BCUT2D eigenvalue weighted by atomic mass is 9.98. The Morgan fingerprint density at radius 1 is 1.28 bits per heavy atom. The Morgan fingerprint density at radius 3 is 3.17 bits per heavy atom. The van der Waals surface area contributed by atoms with Crippen LogP contribution in [0, 0.1) is 0 Å². The fourth-order valence-electron chi connectivity index (χ4n) is 3.09. The largest absolute Gasteiger partial charge is 0.385 e. The van der Waals surface area contributed by atoms with Gasteiger partial charge in [-0.2, -0.15) is 0 Å². The van der Waals surface area contributed by atoms with Crippen molar-refractivity contribution < 1.29 is 4.74 Å². The van der Waals surface area contributed by atoms with Gasteiger partial charge in [0.15, 0.2) is 0 Å². The maximum absolute atomic E-state index is 5.67. The molecule has 2 aliphatic rings. The molecule has 0 saturated carbocycles. The molecule has 0 aromatic heterocycles. The molecule has 98 valence electrons. The van der Waals surface area contributed by atoms with Gasteiger partial charge in [0.1, 0.15) is 0 Å². The minimum absolute atomic E-state index is 0.546. The molecule has 1 saturated heterocycles. The topological polar surface area (TPSA) is 21.3 Å². The summed E-state index contributed by atoms with van der Waals surface area (Å²) in [5.41, 5.74) is 4.36. The molecular weight excluding hydrogens is 222 g/mol. The molecule has 0 aliphatic carbocycles. The summed E-state index contributed by atoms with van der Waals surface area (Å²) in [6.07, 6.45) is 9.28. The van der Waals surface area contributed by atoms with Gasteiger partial charge >= 0.3 is 0 Å². The zero-order valence-electron chi connectivity index (χ0n) is 11.1. The Hall–Kier alpha value is -1.02. The van der Waals surface area contributed by atoms with Crippen molar-refractivity contribution in [1.82, 2.24) is 0 Å². The molecule has 1 fully saturated rings. The first-order valence-corrected chi connectivity index (χ1v) is 7.39. The average molecular weight is 245 g/mol. The van der Waals surface area contributed by atoms with Gasteiger partial charge in [0.2, 0.25) is 0 Å². The summed E-state index contributed by atoms with van der Waals surface area (Å²) in [7, 11) is 0. The number of ether oxygens (including phenoxy) is 1. The Labute approximate surface area is 110 Å². The van der Waals surface area contributed by atoms with E-state index in [-0.39, 0.29) is 0 Å². The highest BCUT2D eigenvalue weighted by atomic mass is 16.5. The number of hydrogen-bond acceptors (Lipinski definition) is 2. The van der Waals surface area contributed by atoms with E-state index in [0.29, 0.717) is 6.10 Å². The SMILES string of the molecule is c1cc2c(cc1CCCC1CCCO1)CCCN2. The smallest absolute Gasteiger partial charge is 0.0576 e. The van der Waals surface area contributed by atoms with Crippen LogP contribution in [0.4, 0.5) is 5.69 Å². The second-order valence-electron chi connectivity index (χ2n) is 5.55. The number of hydrogen-bond donors (Lipinski definition) is 1. The van der Waals surface area contributed by atoms with Crippen molar-refractivity contribution in [3.63, 3.8) is 0 Å². The van der Waals surface area contributed by atoms with Crippen LogP contribution in [0.5, 0.6) is 0 Å². The molecule has 1 aromatic rings. The minimum Gasteiger partial charge on any atom is -0.385 e. The zero-order chi connectivity index (χ0) is 12.2. The molecular formula is C16H23NO. The monoisotopic (exact) mass is 245 g/mol. The van der Waals surface area contributed by atoms with E-state index < -0.39 is 0 Å². The lowest BCUT2D eigenvalue weighted by Gasteiger charge is -2.18. The fraction of sp³-hybridized carbons (Fsp3) is 0.625. The standard InChI is InChI=1S/C16H23NO/c1(6-15-7-3-11-18-15)4-13-8-9-16-14(12-13)5-2-10-17-16/h8-9,12,15,17H,1-7,10-11H2. The molecule has 1 aromatic carbocycles. The van der Waals surface area contributed by atoms with Crippen molar-refractivity contribution >= 4 is 5.69 Å². The molecule has 18 heavy (non-hydrogen) atoms. The normalized spacial score (nSPS) is 22.6. The summed E-state index contributed by atoms with van der Waals surface area (Å²) < 4.78 is 5.67. The number of rotatable bonds is 4. The first kappa shape index (κ1) is 12.0. The number of anilines is 1. The second-order valence-corrected chi connectivity index (χ2v) is 5.55. The first-order valence-electron chi connectivity index (χ1n) is 7.39. The summed E-state index contributed by atoms with van der Waals surface area (Å²) >= 11 is 0. The summed E-state index contributed by atoms with van der Waals surface area (Å²) in [5.74, 6) is 0. The van der Waals surface area contributed by atoms with Crippen molar-refractivity contribution in [2.24, 2.45) is 0 Å². The van der Waals surface area contributed by atoms with Gasteiger partial charge in [0.05, 0.1) is 6.10 Å². The van der Waals surface area contributed by atoms with Gasteiger partial charge < -0.3 is 10.1 Å². The van der Waals surface area contributed by atoms with Crippen LogP contribution >= 0.6 is 0 Å². The van der Waals surface area contributed by atoms with Crippen molar-refractivity contribution in [3.05, 3.63) is 29.3 Å². The molecule has 1 unspecified atom stereocenters. The molecule has 0 radical (unpaired) electrons. The third-order valence-corrected chi connectivity index (χ3v) is 4.12. The molecule has 2 aliphatic heterocycles. The molecule has 1 N–H and O–H groups in total. The molecule has 2 nitrogen and oxygen atoms in total. The molecule has 3 rings (SSSR count). The lowest BCUT2D eigenvalue weighted by molar-refractivity contribution is 0.102. The van der Waals surface area contributed by atoms with Crippen LogP contribution < -0.4 is 5.32 Å². The molecule has 0 bridgehead atoms. The Morgan fingerprint density at radius 2 is 2.28 bits per heavy atom. The molecule has 1 atom stereocenters. The van der Waals surface area contributed by atoms with E-state index in [1.165, 1.54) is 61.8 Å². The van der Waals surface area contributed by atoms with Gasteiger partial charge in [0, 0.05) is 18.8 Å². The molecule has 0 spiro atoms. The van der Waals surface area contributed by atoms with E-state index >= 15 is 0 Å². The van der Waals surface area contributed by atoms with Crippen molar-refractivity contribution in [2.45, 2.75) is 51.0 Å². The van der Waals surface area contributed by atoms with E-state index in [0.717, 1.165) is 13.2 Å². The van der Waals surface area contributed by atoms with Gasteiger partial charge in [-0.25, -0.2) is 0 Å². The fourth-order valence-corrected chi connectivity index (χ4v) is 3.09. The van der Waals surface area contributed by atoms with Gasteiger partial charge in [-0.15, -0.1) is 0 Å². The van der Waals surface area contributed by atoms with Crippen molar-refractivity contribution in [2.75, 3.05) is 18.5 Å². The van der Waals surface area contributed by atoms with Crippen LogP contribution in [0.3, 0.4) is 0 Å². The van der Waals surface area contributed by atoms with Gasteiger partial charge in [-0.3, -0.25) is 0 Å². The van der Waals surface area contributed by atoms with Gasteiger partial charge in [-0.1, -0.05) is 12.1 Å². The number of benzene rings is 1. The van der Waals surface area contributed by atoms with E-state index in [2.05, 4.69) is 23.5 Å². The van der Waals surface area contributed by atoms with Gasteiger partial charge in [0.25, 0.3) is 0 Å². The maximum atomic E-state index is 5.67. The highest BCUT2D eigenvalue weighted by Gasteiger charge is 2.15. The predicted octanol–water partition coefficient (Wildman–Crippen LogP) is 3.55. The lowest BCUT2D eigenvalue weighted by Crippen LogP contribution is -2.11. The summed E-state index contributed by atoms with van der Waals surface area (Å²) in [6.45, 7) is 2.11. The summed E-state index contributed by atoms with van der Waals surface area (Å²) in [6, 6.07) is 6.94. The van der Waals surface area contributed by atoms with Crippen LogP contribution in [-0.4, -0.2) is 19.3 Å². The van der Waals surface area contributed by atoms with E-state index in [9.17, 15) is 0 Å². The molecule has 2 heteroatoms. The quantitative estimate of drug-likeness (QED) is 0.876.